The summed E-state index contributed by atoms with van der Waals surface area (Å²) < 4.78 is 34.4. The lowest BCUT2D eigenvalue weighted by Crippen LogP contribution is -2.66. The second-order valence-corrected chi connectivity index (χ2v) is 27.8. The Hall–Kier alpha value is -4.07. The van der Waals surface area contributed by atoms with Gasteiger partial charge in [0.05, 0.1) is 38.6 Å². The number of ether oxygens (including phenoxy) is 6. The number of unbranched alkanes of at least 4 members (excludes halogenated alkanes) is 25. The smallest absolute Gasteiger partial charge is 0.220 e. The molecule has 12 N–H and O–H groups in total. The minimum absolute atomic E-state index is 0.224. The van der Waals surface area contributed by atoms with Crippen LogP contribution in [0.4, 0.5) is 0 Å². The Morgan fingerprint density at radius 2 is 0.680 bits per heavy atom. The quantitative estimate of drug-likeness (QED) is 0.0199. The number of amides is 1. The van der Waals surface area contributed by atoms with Crippen LogP contribution in [0.25, 0.3) is 0 Å². The van der Waals surface area contributed by atoms with E-state index in [9.17, 15) is 61.0 Å². The van der Waals surface area contributed by atoms with E-state index in [4.69, 9.17) is 28.4 Å². The zero-order valence-electron chi connectivity index (χ0n) is 63.0. The third kappa shape index (κ3) is 42.9. The molecular formula is C84H141NO18. The number of rotatable bonds is 61. The van der Waals surface area contributed by atoms with Gasteiger partial charge in [-0.1, -0.05) is 282 Å². The molecule has 1 amide bonds. The fourth-order valence-electron chi connectivity index (χ4n) is 12.6. The summed E-state index contributed by atoms with van der Waals surface area (Å²) in [6.45, 7) is 1.60. The lowest BCUT2D eigenvalue weighted by Gasteiger charge is -2.48. The number of nitrogens with one attached hydrogen (secondary N) is 1. The fourth-order valence-corrected chi connectivity index (χ4v) is 12.6. The zero-order chi connectivity index (χ0) is 74.6. The molecule has 3 saturated heterocycles. The van der Waals surface area contributed by atoms with Gasteiger partial charge in [0, 0.05) is 6.42 Å². The fraction of sp³-hybridized carbons (Fsp3) is 0.726. The van der Waals surface area contributed by atoms with Crippen LogP contribution in [0.1, 0.15) is 258 Å². The summed E-state index contributed by atoms with van der Waals surface area (Å²) in [5.74, 6) is -0.293. The van der Waals surface area contributed by atoms with E-state index in [-0.39, 0.29) is 18.9 Å². The van der Waals surface area contributed by atoms with Crippen molar-refractivity contribution in [1.29, 1.82) is 0 Å². The molecule has 0 saturated carbocycles. The molecular weight excluding hydrogens is 1310 g/mol. The van der Waals surface area contributed by atoms with Gasteiger partial charge in [0.15, 0.2) is 18.9 Å². The van der Waals surface area contributed by atoms with Crippen molar-refractivity contribution in [2.75, 3.05) is 26.4 Å². The predicted octanol–water partition coefficient (Wildman–Crippen LogP) is 13.3. The SMILES string of the molecule is CC/C=C\C/C=C\C/C=C\C/C=C\C/C=C\C/C=C\C/C=C\C/C=C\C/C=C\CCCCCCCCCCCCCC(=O)NC(COC1OC(CO)C(OC2OC(CO)C(OC3OC(CO)C(O)C(O)C3O)C(O)C2O)C(O)C1O)C(O)/C=C/CC/C=C/CCCCCCCCCCCCCCC. The number of carbonyl (C=O) groups excluding carboxylic acids is 1. The first-order valence-corrected chi connectivity index (χ1v) is 39.9. The summed E-state index contributed by atoms with van der Waals surface area (Å²) in [5.41, 5.74) is 0. The highest BCUT2D eigenvalue weighted by Gasteiger charge is 2.53. The van der Waals surface area contributed by atoms with Gasteiger partial charge in [-0.05, 0) is 103 Å². The summed E-state index contributed by atoms with van der Waals surface area (Å²) in [7, 11) is 0. The van der Waals surface area contributed by atoms with Crippen molar-refractivity contribution in [2.45, 2.75) is 362 Å². The molecule has 3 aliphatic rings. The average molecular weight is 1450 g/mol. The number of hydrogen-bond donors (Lipinski definition) is 12. The molecule has 0 aromatic carbocycles. The molecule has 3 aliphatic heterocycles. The topological polar surface area (TPSA) is 307 Å². The third-order valence-electron chi connectivity index (χ3n) is 18.9. The van der Waals surface area contributed by atoms with Crippen LogP contribution in [0, 0.1) is 0 Å². The molecule has 590 valence electrons. The van der Waals surface area contributed by atoms with Crippen LogP contribution in [0.2, 0.25) is 0 Å². The van der Waals surface area contributed by atoms with Gasteiger partial charge in [-0.25, -0.2) is 0 Å². The Bertz CT molecular complexity index is 2380. The number of aliphatic hydroxyl groups excluding tert-OH is 11. The van der Waals surface area contributed by atoms with Gasteiger partial charge < -0.3 is 89.9 Å². The van der Waals surface area contributed by atoms with E-state index >= 15 is 0 Å². The average Bonchev–Trinajstić information content (AvgIpc) is 0.781. The largest absolute Gasteiger partial charge is 0.394 e. The first kappa shape index (κ1) is 93.1. The summed E-state index contributed by atoms with van der Waals surface area (Å²) in [4.78, 5) is 13.5. The lowest BCUT2D eigenvalue weighted by atomic mass is 9.96. The van der Waals surface area contributed by atoms with Crippen molar-refractivity contribution in [3.8, 4) is 0 Å². The maximum absolute atomic E-state index is 13.5. The first-order valence-electron chi connectivity index (χ1n) is 39.9. The van der Waals surface area contributed by atoms with Crippen LogP contribution in [0.3, 0.4) is 0 Å². The number of carbonyl (C=O) groups is 1. The molecule has 0 aromatic heterocycles. The number of allylic oxidation sites excluding steroid dienone is 21. The molecule has 3 rings (SSSR count). The van der Waals surface area contributed by atoms with Crippen molar-refractivity contribution in [2.24, 2.45) is 0 Å². The molecule has 17 unspecified atom stereocenters. The Morgan fingerprint density at radius 3 is 1.09 bits per heavy atom. The van der Waals surface area contributed by atoms with Crippen LogP contribution < -0.4 is 5.32 Å². The van der Waals surface area contributed by atoms with Crippen molar-refractivity contribution in [1.82, 2.24) is 5.32 Å². The maximum Gasteiger partial charge on any atom is 0.220 e. The Morgan fingerprint density at radius 1 is 0.359 bits per heavy atom. The van der Waals surface area contributed by atoms with Gasteiger partial charge in [-0.3, -0.25) is 4.79 Å². The number of hydrogen-bond acceptors (Lipinski definition) is 18. The van der Waals surface area contributed by atoms with Crippen molar-refractivity contribution >= 4 is 5.91 Å². The van der Waals surface area contributed by atoms with Crippen LogP contribution in [0.5, 0.6) is 0 Å². The van der Waals surface area contributed by atoms with Crippen molar-refractivity contribution in [3.05, 3.63) is 134 Å². The van der Waals surface area contributed by atoms with Crippen molar-refractivity contribution in [3.63, 3.8) is 0 Å². The molecule has 17 atom stereocenters. The molecule has 0 radical (unpaired) electrons. The second kappa shape index (κ2) is 62.9. The molecule has 0 spiro atoms. The summed E-state index contributed by atoms with van der Waals surface area (Å²) >= 11 is 0. The van der Waals surface area contributed by atoms with E-state index < -0.39 is 124 Å². The predicted molar refractivity (Wildman–Crippen MR) is 410 cm³/mol. The Kier molecular flexibility index (Phi) is 56.9. The molecule has 3 heterocycles. The lowest BCUT2D eigenvalue weighted by molar-refractivity contribution is -0.379. The zero-order valence-corrected chi connectivity index (χ0v) is 63.0. The Labute approximate surface area is 620 Å². The highest BCUT2D eigenvalue weighted by atomic mass is 16.8. The van der Waals surface area contributed by atoms with Crippen LogP contribution >= 0.6 is 0 Å². The van der Waals surface area contributed by atoms with Gasteiger partial charge in [0.1, 0.15) is 73.2 Å². The molecule has 0 aliphatic carbocycles. The van der Waals surface area contributed by atoms with Gasteiger partial charge in [0.25, 0.3) is 0 Å². The summed E-state index contributed by atoms with van der Waals surface area (Å²) in [5, 5.41) is 121. The minimum Gasteiger partial charge on any atom is -0.394 e. The third-order valence-corrected chi connectivity index (χ3v) is 18.9. The Balaban J connectivity index is 1.35. The van der Waals surface area contributed by atoms with Gasteiger partial charge in [-0.15, -0.1) is 0 Å². The molecule has 19 nitrogen and oxygen atoms in total. The van der Waals surface area contributed by atoms with Crippen LogP contribution in [-0.2, 0) is 33.2 Å². The van der Waals surface area contributed by atoms with E-state index in [0.29, 0.717) is 12.8 Å². The minimum atomic E-state index is -1.99. The second-order valence-electron chi connectivity index (χ2n) is 27.8. The van der Waals surface area contributed by atoms with E-state index in [1.165, 1.54) is 116 Å². The van der Waals surface area contributed by atoms with Gasteiger partial charge in [0.2, 0.25) is 5.91 Å². The highest BCUT2D eigenvalue weighted by Crippen LogP contribution is 2.33. The van der Waals surface area contributed by atoms with E-state index in [0.717, 1.165) is 109 Å². The van der Waals surface area contributed by atoms with E-state index in [1.54, 1.807) is 6.08 Å². The standard InChI is InChI=1S/C84H141NO18/c1-3-5-7-9-11-13-15-17-19-21-23-24-25-26-27-28-29-30-31-32-33-34-35-36-37-38-39-40-41-42-44-46-48-50-52-54-56-58-60-62-72(90)85-67(68(89)61-59-57-55-53-51-49-47-45-43-22-20-18-16-14-12-10-8-6-4-2)66-98-82-78(96)75(93)80(70(64-87)100-82)103-84-79(97)76(94)81(71(65-88)101-84)102-83-77(95)74(92)73(91)69(63-86)99-83/h5,7,11,13,17,19,23-24,26-27,29-30,32-33,35-36,38-39,51,53,59,61,67-71,73-84,86-89,91-97H,3-4,6,8-10,12,14-16,18,20-22,25,28,31,34,37,40-50,52,54-58,60,62-66H2,1-2H3,(H,85,90)/b7-5-,13-11-,19-17-,24-23-,27-26-,30-29-,33-32-,36-35-,39-38-,53-51+,61-59+. The molecule has 0 bridgehead atoms. The summed E-state index contributed by atoms with van der Waals surface area (Å²) in [6, 6.07) is -1.00. The van der Waals surface area contributed by atoms with E-state index in [1.807, 2.05) is 6.08 Å². The highest BCUT2D eigenvalue weighted by molar-refractivity contribution is 5.76. The number of aliphatic hydroxyl groups is 11. The van der Waals surface area contributed by atoms with Crippen molar-refractivity contribution < 1.29 is 89.4 Å². The van der Waals surface area contributed by atoms with Crippen LogP contribution in [0.15, 0.2) is 134 Å². The maximum atomic E-state index is 13.5. The first-order chi connectivity index (χ1) is 50.3. The van der Waals surface area contributed by atoms with Crippen LogP contribution in [-0.4, -0.2) is 193 Å². The molecule has 0 aromatic rings. The normalized spacial score (nSPS) is 26.8. The molecule has 19 heteroatoms. The molecule has 3 fully saturated rings. The van der Waals surface area contributed by atoms with Gasteiger partial charge >= 0.3 is 0 Å². The van der Waals surface area contributed by atoms with E-state index in [2.05, 4.69) is 141 Å². The summed E-state index contributed by atoms with van der Waals surface area (Å²) in [6.07, 6.45) is 62.9. The molecule has 103 heavy (non-hydrogen) atoms. The monoisotopic (exact) mass is 1450 g/mol. The van der Waals surface area contributed by atoms with Gasteiger partial charge in [-0.2, -0.15) is 0 Å².